The van der Waals surface area contributed by atoms with E-state index in [4.69, 9.17) is 9.73 Å². The Labute approximate surface area is 182 Å². The van der Waals surface area contributed by atoms with Crippen molar-refractivity contribution >= 4 is 29.9 Å². The first-order valence-corrected chi connectivity index (χ1v) is 9.83. The van der Waals surface area contributed by atoms with Gasteiger partial charge in [0, 0.05) is 33.4 Å². The highest BCUT2D eigenvalue weighted by Gasteiger charge is 2.36. The third-order valence-electron chi connectivity index (χ3n) is 5.44. The number of methoxy groups -OCH3 is 1. The number of aliphatic imine (C=N–C) groups is 1. The molecule has 0 aliphatic heterocycles. The van der Waals surface area contributed by atoms with Crippen LogP contribution in [0.2, 0.25) is 0 Å². The summed E-state index contributed by atoms with van der Waals surface area (Å²) in [6.07, 6.45) is 4.96. The zero-order valence-electron chi connectivity index (χ0n) is 17.3. The molecule has 0 spiro atoms. The van der Waals surface area contributed by atoms with E-state index in [1.807, 2.05) is 0 Å². The monoisotopic (exact) mass is 488 g/mol. The Morgan fingerprint density at radius 1 is 1.22 bits per heavy atom. The van der Waals surface area contributed by atoms with Crippen molar-refractivity contribution in [2.24, 2.45) is 10.4 Å². The van der Waals surface area contributed by atoms with E-state index >= 15 is 0 Å². The predicted octanol–water partition coefficient (Wildman–Crippen LogP) is 3.67. The van der Waals surface area contributed by atoms with Crippen molar-refractivity contribution in [1.29, 1.82) is 0 Å². The smallest absolute Gasteiger partial charge is 0.191 e. The van der Waals surface area contributed by atoms with Crippen molar-refractivity contribution in [2.75, 3.05) is 47.4 Å². The second-order valence-corrected chi connectivity index (χ2v) is 7.56. The van der Waals surface area contributed by atoms with Crippen LogP contribution in [0.4, 0.5) is 0 Å². The molecule has 1 fully saturated rings. The molecule has 1 atom stereocenters. The highest BCUT2D eigenvalue weighted by Crippen LogP contribution is 2.44. The molecule has 1 saturated carbocycles. The summed E-state index contributed by atoms with van der Waals surface area (Å²) in [5.74, 6) is 0.916. The van der Waals surface area contributed by atoms with Gasteiger partial charge in [0.25, 0.3) is 0 Å². The fraction of sp³-hybridized carbons (Fsp3) is 0.667. The van der Waals surface area contributed by atoms with Gasteiger partial charge in [0.2, 0.25) is 0 Å². The Bertz CT molecular complexity index is 546. The molecule has 2 N–H and O–H groups in total. The van der Waals surface area contributed by atoms with E-state index in [2.05, 4.69) is 66.9 Å². The summed E-state index contributed by atoms with van der Waals surface area (Å²) in [5, 5.41) is 6.94. The van der Waals surface area contributed by atoms with Gasteiger partial charge >= 0.3 is 0 Å². The molecular weight excluding hydrogens is 451 g/mol. The maximum Gasteiger partial charge on any atom is 0.191 e. The highest BCUT2D eigenvalue weighted by atomic mass is 127. The minimum absolute atomic E-state index is 0. The van der Waals surface area contributed by atoms with Gasteiger partial charge in [0.05, 0.1) is 6.04 Å². The van der Waals surface area contributed by atoms with E-state index < -0.39 is 0 Å². The molecule has 0 amide bonds. The average Bonchev–Trinajstić information content (AvgIpc) is 2.61. The Morgan fingerprint density at radius 3 is 2.44 bits per heavy atom. The normalized spacial score (nSPS) is 17.0. The molecule has 0 heterocycles. The van der Waals surface area contributed by atoms with Crippen molar-refractivity contribution in [3.8, 4) is 0 Å². The number of ether oxygens (including phenoxy) is 1. The fourth-order valence-electron chi connectivity index (χ4n) is 3.54. The molecule has 0 saturated heterocycles. The second-order valence-electron chi connectivity index (χ2n) is 7.56. The van der Waals surface area contributed by atoms with Gasteiger partial charge in [0.15, 0.2) is 5.96 Å². The lowest BCUT2D eigenvalue weighted by Gasteiger charge is -2.40. The number of hydrogen-bond acceptors (Lipinski definition) is 3. The first kappa shape index (κ1) is 24.2. The summed E-state index contributed by atoms with van der Waals surface area (Å²) >= 11 is 0. The number of halogens is 1. The Hall–Kier alpha value is -0.860. The summed E-state index contributed by atoms with van der Waals surface area (Å²) in [4.78, 5) is 7.15. The first-order valence-electron chi connectivity index (χ1n) is 9.83. The summed E-state index contributed by atoms with van der Waals surface area (Å²) < 4.78 is 5.30. The quantitative estimate of drug-likeness (QED) is 0.300. The van der Waals surface area contributed by atoms with Crippen LogP contribution in [-0.4, -0.2) is 58.3 Å². The summed E-state index contributed by atoms with van der Waals surface area (Å²) in [7, 11) is 6.03. The lowest BCUT2D eigenvalue weighted by Crippen LogP contribution is -2.43. The van der Waals surface area contributed by atoms with Crippen LogP contribution in [0.25, 0.3) is 0 Å². The van der Waals surface area contributed by atoms with Crippen LogP contribution >= 0.6 is 24.0 Å². The van der Waals surface area contributed by atoms with E-state index in [1.54, 1.807) is 7.11 Å². The molecule has 0 radical (unpaired) electrons. The van der Waals surface area contributed by atoms with Crippen LogP contribution in [0.15, 0.2) is 35.3 Å². The van der Waals surface area contributed by atoms with Gasteiger partial charge in [-0.05, 0) is 51.3 Å². The van der Waals surface area contributed by atoms with Crippen molar-refractivity contribution in [1.82, 2.24) is 15.5 Å². The van der Waals surface area contributed by atoms with Gasteiger partial charge in [0.1, 0.15) is 0 Å². The summed E-state index contributed by atoms with van der Waals surface area (Å²) in [5.41, 5.74) is 1.66. The Kier molecular flexibility index (Phi) is 11.3. The molecule has 1 aliphatic rings. The molecule has 1 aromatic carbocycles. The van der Waals surface area contributed by atoms with Crippen LogP contribution in [0, 0.1) is 5.41 Å². The van der Waals surface area contributed by atoms with Crippen molar-refractivity contribution in [3.63, 3.8) is 0 Å². The number of nitrogens with zero attached hydrogens (tertiary/aromatic N) is 2. The minimum Gasteiger partial charge on any atom is -0.385 e. The summed E-state index contributed by atoms with van der Waals surface area (Å²) in [6, 6.07) is 10.9. The number of rotatable bonds is 10. The van der Waals surface area contributed by atoms with Gasteiger partial charge in [-0.3, -0.25) is 4.99 Å². The van der Waals surface area contributed by atoms with Crippen LogP contribution in [0.3, 0.4) is 0 Å². The largest absolute Gasteiger partial charge is 0.385 e. The number of benzene rings is 1. The number of hydrogen-bond donors (Lipinski definition) is 2. The molecule has 1 unspecified atom stereocenters. The van der Waals surface area contributed by atoms with Crippen LogP contribution in [0.5, 0.6) is 0 Å². The lowest BCUT2D eigenvalue weighted by atomic mass is 9.67. The zero-order chi connectivity index (χ0) is 18.8. The average molecular weight is 488 g/mol. The molecule has 0 bridgehead atoms. The third-order valence-corrected chi connectivity index (χ3v) is 5.44. The van der Waals surface area contributed by atoms with Crippen LogP contribution in [-0.2, 0) is 4.74 Å². The van der Waals surface area contributed by atoms with Crippen LogP contribution < -0.4 is 10.6 Å². The topological polar surface area (TPSA) is 48.9 Å². The van der Waals surface area contributed by atoms with Crippen molar-refractivity contribution in [2.45, 2.75) is 38.6 Å². The van der Waals surface area contributed by atoms with E-state index in [-0.39, 0.29) is 24.0 Å². The highest BCUT2D eigenvalue weighted by molar-refractivity contribution is 14.0. The van der Waals surface area contributed by atoms with Gasteiger partial charge < -0.3 is 20.3 Å². The SMILES string of the molecule is CCNC(=NCC1(CCOC)CCC1)NCC(c1ccccc1)N(C)C.I. The summed E-state index contributed by atoms with van der Waals surface area (Å²) in [6.45, 7) is 5.52. The Balaban J connectivity index is 0.00000364. The van der Waals surface area contributed by atoms with Crippen molar-refractivity contribution < 1.29 is 4.74 Å². The molecule has 6 heteroatoms. The van der Waals surface area contributed by atoms with Gasteiger partial charge in [-0.2, -0.15) is 0 Å². The molecule has 27 heavy (non-hydrogen) atoms. The zero-order valence-corrected chi connectivity index (χ0v) is 19.7. The number of guanidine groups is 1. The van der Waals surface area contributed by atoms with Gasteiger partial charge in [-0.25, -0.2) is 0 Å². The van der Waals surface area contributed by atoms with Gasteiger partial charge in [-0.15, -0.1) is 24.0 Å². The number of nitrogens with one attached hydrogen (secondary N) is 2. The first-order chi connectivity index (χ1) is 12.6. The van der Waals surface area contributed by atoms with E-state index in [0.29, 0.717) is 11.5 Å². The van der Waals surface area contributed by atoms with E-state index in [0.717, 1.165) is 38.6 Å². The molecule has 2 rings (SSSR count). The van der Waals surface area contributed by atoms with E-state index in [9.17, 15) is 0 Å². The number of likely N-dealkylation sites (N-methyl/N-ethyl adjacent to an activating group) is 1. The second kappa shape index (κ2) is 12.6. The fourth-order valence-corrected chi connectivity index (χ4v) is 3.54. The molecule has 5 nitrogen and oxygen atoms in total. The Morgan fingerprint density at radius 2 is 1.93 bits per heavy atom. The molecule has 1 aromatic rings. The van der Waals surface area contributed by atoms with E-state index in [1.165, 1.54) is 24.8 Å². The maximum absolute atomic E-state index is 5.30. The molecular formula is C21H37IN4O. The maximum atomic E-state index is 5.30. The molecule has 1 aliphatic carbocycles. The van der Waals surface area contributed by atoms with Gasteiger partial charge in [-0.1, -0.05) is 36.8 Å². The van der Waals surface area contributed by atoms with Crippen LogP contribution in [0.1, 0.15) is 44.2 Å². The molecule has 0 aromatic heterocycles. The van der Waals surface area contributed by atoms with Crippen molar-refractivity contribution in [3.05, 3.63) is 35.9 Å². The predicted molar refractivity (Wildman–Crippen MR) is 125 cm³/mol. The molecule has 154 valence electrons. The lowest BCUT2D eigenvalue weighted by molar-refractivity contribution is 0.0778. The third kappa shape index (κ3) is 7.58. The minimum atomic E-state index is 0. The standard InChI is InChI=1S/C21H36N4O.HI/c1-5-22-20(24-17-21(12-9-13-21)14-15-26-4)23-16-19(25(2)3)18-10-7-6-8-11-18;/h6-8,10-11,19H,5,9,12-17H2,1-4H3,(H2,22,23,24);1H.